The predicted molar refractivity (Wildman–Crippen MR) is 69.6 cm³/mol. The van der Waals surface area contributed by atoms with Gasteiger partial charge in [-0.25, -0.2) is 0 Å². The Morgan fingerprint density at radius 2 is 2.33 bits per heavy atom. The Morgan fingerprint density at radius 1 is 1.56 bits per heavy atom. The average Bonchev–Trinajstić information content (AvgIpc) is 2.98. The van der Waals surface area contributed by atoms with Crippen LogP contribution in [0.3, 0.4) is 0 Å². The fourth-order valence-electron chi connectivity index (χ4n) is 1.89. The average molecular weight is 310 g/mol. The van der Waals surface area contributed by atoms with E-state index >= 15 is 0 Å². The Balaban J connectivity index is 1.83. The highest BCUT2D eigenvalue weighted by molar-refractivity contribution is 9.10. The van der Waals surface area contributed by atoms with Crippen LogP contribution in [-0.2, 0) is 0 Å². The second-order valence-electron chi connectivity index (χ2n) is 4.46. The molecule has 0 atom stereocenters. The van der Waals surface area contributed by atoms with Gasteiger partial charge in [0.1, 0.15) is 11.5 Å². The zero-order valence-electron chi connectivity index (χ0n) is 9.81. The third-order valence-corrected chi connectivity index (χ3v) is 3.29. The van der Waals surface area contributed by atoms with Gasteiger partial charge in [-0.1, -0.05) is 5.16 Å². The number of rotatable bonds is 3. The zero-order chi connectivity index (χ0) is 12.7. The van der Waals surface area contributed by atoms with Crippen LogP contribution < -0.4 is 5.32 Å². The van der Waals surface area contributed by atoms with Crippen molar-refractivity contribution in [3.63, 3.8) is 0 Å². The summed E-state index contributed by atoms with van der Waals surface area (Å²) in [7, 11) is 0. The highest BCUT2D eigenvalue weighted by atomic mass is 79.9. The van der Waals surface area contributed by atoms with E-state index in [0.717, 1.165) is 17.3 Å². The molecule has 2 aromatic rings. The number of nitrogens with zero attached hydrogens (tertiary/aromatic N) is 2. The number of nitrogens with one attached hydrogen (secondary N) is 1. The topological polar surface area (TPSA) is 60.1 Å². The smallest absolute Gasteiger partial charge is 0.273 e. The number of amides is 1. The molecule has 0 radical (unpaired) electrons. The maximum atomic E-state index is 12.2. The van der Waals surface area contributed by atoms with E-state index in [0.29, 0.717) is 23.3 Å². The van der Waals surface area contributed by atoms with E-state index in [1.54, 1.807) is 13.0 Å². The van der Waals surface area contributed by atoms with Gasteiger partial charge in [-0.3, -0.25) is 4.79 Å². The van der Waals surface area contributed by atoms with Crippen LogP contribution in [0, 0.1) is 6.92 Å². The number of hydrogen-bond donors (Lipinski definition) is 1. The van der Waals surface area contributed by atoms with Crippen LogP contribution in [0.1, 0.15) is 35.1 Å². The summed E-state index contributed by atoms with van der Waals surface area (Å²) < 4.78 is 7.83. The molecule has 1 amide bonds. The van der Waals surface area contributed by atoms with Crippen LogP contribution in [0.15, 0.2) is 27.3 Å². The minimum Gasteiger partial charge on any atom is -0.360 e. The normalized spacial score (nSPS) is 14.8. The first-order valence-electron chi connectivity index (χ1n) is 5.75. The summed E-state index contributed by atoms with van der Waals surface area (Å²) >= 11 is 3.40. The molecular weight excluding hydrogens is 298 g/mol. The second kappa shape index (κ2) is 4.28. The standard InChI is InChI=1S/C12H12BrN3O2/c1-7-4-11(15-18-7)14-12(17)10-5-8(13)6-16(10)9-2-3-9/h4-6,9H,2-3H2,1H3,(H,14,15,17). The van der Waals surface area contributed by atoms with Crippen molar-refractivity contribution in [2.75, 3.05) is 5.32 Å². The molecule has 0 spiro atoms. The molecule has 2 heterocycles. The summed E-state index contributed by atoms with van der Waals surface area (Å²) in [6.07, 6.45) is 4.20. The molecule has 0 saturated heterocycles. The number of aromatic nitrogens is 2. The number of hydrogen-bond acceptors (Lipinski definition) is 3. The highest BCUT2D eigenvalue weighted by Crippen LogP contribution is 2.37. The third kappa shape index (κ3) is 2.20. The Kier molecular flexibility index (Phi) is 2.74. The molecule has 1 fully saturated rings. The maximum absolute atomic E-state index is 12.2. The summed E-state index contributed by atoms with van der Waals surface area (Å²) in [4.78, 5) is 12.2. The first-order chi connectivity index (χ1) is 8.63. The molecule has 0 aliphatic heterocycles. The Morgan fingerprint density at radius 3 is 2.94 bits per heavy atom. The largest absolute Gasteiger partial charge is 0.360 e. The minimum atomic E-state index is -0.166. The van der Waals surface area contributed by atoms with Crippen LogP contribution in [0.2, 0.25) is 0 Å². The van der Waals surface area contributed by atoms with E-state index in [1.807, 2.05) is 16.8 Å². The molecular formula is C12H12BrN3O2. The van der Waals surface area contributed by atoms with Gasteiger partial charge < -0.3 is 14.4 Å². The number of halogens is 1. The van der Waals surface area contributed by atoms with E-state index < -0.39 is 0 Å². The van der Waals surface area contributed by atoms with Gasteiger partial charge in [-0.15, -0.1) is 0 Å². The summed E-state index contributed by atoms with van der Waals surface area (Å²) in [5.74, 6) is 0.946. The van der Waals surface area contributed by atoms with Gasteiger partial charge in [0.15, 0.2) is 5.82 Å². The Bertz CT molecular complexity index is 598. The van der Waals surface area contributed by atoms with E-state index in [-0.39, 0.29) is 5.91 Å². The van der Waals surface area contributed by atoms with Crippen LogP contribution >= 0.6 is 15.9 Å². The van der Waals surface area contributed by atoms with Crippen LogP contribution in [0.25, 0.3) is 0 Å². The molecule has 3 rings (SSSR count). The molecule has 5 nitrogen and oxygen atoms in total. The van der Waals surface area contributed by atoms with Crippen molar-refractivity contribution in [3.8, 4) is 0 Å². The summed E-state index contributed by atoms with van der Waals surface area (Å²) in [5.41, 5.74) is 0.644. The number of anilines is 1. The lowest BCUT2D eigenvalue weighted by Gasteiger charge is -2.06. The monoisotopic (exact) mass is 309 g/mol. The van der Waals surface area contributed by atoms with Crippen molar-refractivity contribution in [2.24, 2.45) is 0 Å². The Labute approximate surface area is 112 Å². The Hall–Kier alpha value is -1.56. The molecule has 18 heavy (non-hydrogen) atoms. The summed E-state index contributed by atoms with van der Waals surface area (Å²) in [6, 6.07) is 3.97. The predicted octanol–water partition coefficient (Wildman–Crippen LogP) is 3.13. The van der Waals surface area contributed by atoms with E-state index in [9.17, 15) is 4.79 Å². The van der Waals surface area contributed by atoms with Gasteiger partial charge >= 0.3 is 0 Å². The number of aryl methyl sites for hydroxylation is 1. The van der Waals surface area contributed by atoms with Gasteiger partial charge in [-0.2, -0.15) is 0 Å². The van der Waals surface area contributed by atoms with Crippen molar-refractivity contribution in [2.45, 2.75) is 25.8 Å². The lowest BCUT2D eigenvalue weighted by atomic mass is 10.4. The first kappa shape index (κ1) is 11.5. The van der Waals surface area contributed by atoms with Gasteiger partial charge in [0.05, 0.1) is 0 Å². The van der Waals surface area contributed by atoms with E-state index in [1.165, 1.54) is 0 Å². The van der Waals surface area contributed by atoms with Crippen molar-refractivity contribution < 1.29 is 9.32 Å². The molecule has 0 unspecified atom stereocenters. The SMILES string of the molecule is Cc1cc(NC(=O)c2cc(Br)cn2C2CC2)no1. The molecule has 1 N–H and O–H groups in total. The van der Waals surface area contributed by atoms with Gasteiger partial charge in [-0.05, 0) is 41.8 Å². The molecule has 1 aliphatic carbocycles. The van der Waals surface area contributed by atoms with Crippen LogP contribution in [-0.4, -0.2) is 15.6 Å². The second-order valence-corrected chi connectivity index (χ2v) is 5.37. The van der Waals surface area contributed by atoms with Gasteiger partial charge in [0.2, 0.25) is 0 Å². The van der Waals surface area contributed by atoms with Crippen molar-refractivity contribution >= 4 is 27.7 Å². The van der Waals surface area contributed by atoms with Crippen molar-refractivity contribution in [1.29, 1.82) is 0 Å². The number of carbonyl (C=O) groups is 1. The molecule has 94 valence electrons. The lowest BCUT2D eigenvalue weighted by Crippen LogP contribution is -2.16. The van der Waals surface area contributed by atoms with E-state index in [4.69, 9.17) is 4.52 Å². The molecule has 0 bridgehead atoms. The van der Waals surface area contributed by atoms with Crippen LogP contribution in [0.5, 0.6) is 0 Å². The molecule has 1 saturated carbocycles. The maximum Gasteiger partial charge on any atom is 0.273 e. The lowest BCUT2D eigenvalue weighted by molar-refractivity contribution is 0.101. The molecule has 1 aliphatic rings. The molecule has 2 aromatic heterocycles. The third-order valence-electron chi connectivity index (χ3n) is 2.86. The summed E-state index contributed by atoms with van der Waals surface area (Å²) in [5, 5.41) is 6.48. The van der Waals surface area contributed by atoms with Gasteiger partial charge in [0, 0.05) is 22.8 Å². The summed E-state index contributed by atoms with van der Waals surface area (Å²) in [6.45, 7) is 1.78. The van der Waals surface area contributed by atoms with E-state index in [2.05, 4.69) is 26.4 Å². The quantitative estimate of drug-likeness (QED) is 0.947. The fraction of sp³-hybridized carbons (Fsp3) is 0.333. The minimum absolute atomic E-state index is 0.166. The highest BCUT2D eigenvalue weighted by Gasteiger charge is 2.28. The van der Waals surface area contributed by atoms with Crippen molar-refractivity contribution in [3.05, 3.63) is 34.3 Å². The number of carbonyl (C=O) groups excluding carboxylic acids is 1. The fourth-order valence-corrected chi connectivity index (χ4v) is 2.33. The first-order valence-corrected chi connectivity index (χ1v) is 6.55. The van der Waals surface area contributed by atoms with Gasteiger partial charge in [0.25, 0.3) is 5.91 Å². The zero-order valence-corrected chi connectivity index (χ0v) is 11.4. The van der Waals surface area contributed by atoms with Crippen molar-refractivity contribution in [1.82, 2.24) is 9.72 Å². The molecule has 0 aromatic carbocycles. The van der Waals surface area contributed by atoms with Crippen LogP contribution in [0.4, 0.5) is 5.82 Å². The molecule has 6 heteroatoms.